The smallest absolute Gasteiger partial charge is 0.382 e. The van der Waals surface area contributed by atoms with Crippen LogP contribution in [0.3, 0.4) is 0 Å². The molecule has 0 unspecified atom stereocenters. The molecule has 9 heteroatoms. The number of piperidine rings is 1. The molecule has 2 aliphatic heterocycles. The van der Waals surface area contributed by atoms with Gasteiger partial charge in [0.2, 0.25) is 0 Å². The summed E-state index contributed by atoms with van der Waals surface area (Å²) in [6, 6.07) is 23.6. The third kappa shape index (κ3) is 6.88. The molecule has 0 amide bonds. The van der Waals surface area contributed by atoms with Gasteiger partial charge in [-0.2, -0.15) is 13.2 Å². The number of rotatable bonds is 8. The number of hydrogen-bond donors (Lipinski definition) is 2. The molecule has 0 bridgehead atoms. The molecule has 3 aromatic carbocycles. The first-order valence-electron chi connectivity index (χ1n) is 14.7. The molecule has 2 fully saturated rings. The normalized spacial score (nSPS) is 17.5. The third-order valence-electron chi connectivity index (χ3n) is 8.45. The quantitative estimate of drug-likeness (QED) is 0.215. The average Bonchev–Trinajstić information content (AvgIpc) is 3.35. The van der Waals surface area contributed by atoms with Crippen molar-refractivity contribution in [2.24, 2.45) is 0 Å². The van der Waals surface area contributed by atoms with Crippen LogP contribution in [-0.2, 0) is 17.8 Å². The van der Waals surface area contributed by atoms with E-state index < -0.39 is 12.7 Å². The molecule has 0 spiro atoms. The third-order valence-corrected chi connectivity index (χ3v) is 8.69. The highest BCUT2D eigenvalue weighted by molar-refractivity contribution is 6.30. The second-order valence-corrected chi connectivity index (χ2v) is 11.8. The minimum atomic E-state index is -4.35. The Kier molecular flexibility index (Phi) is 8.65. The minimum absolute atomic E-state index is 0.285. The van der Waals surface area contributed by atoms with Crippen LogP contribution in [0.4, 0.5) is 24.5 Å². The van der Waals surface area contributed by atoms with E-state index in [-0.39, 0.29) is 6.04 Å². The monoisotopic (exact) mass is 596 g/mol. The molecule has 2 aliphatic rings. The van der Waals surface area contributed by atoms with Crippen LogP contribution >= 0.6 is 11.6 Å². The van der Waals surface area contributed by atoms with Gasteiger partial charge in [-0.1, -0.05) is 48.0 Å². The predicted molar refractivity (Wildman–Crippen MR) is 164 cm³/mol. The molecule has 1 aromatic heterocycles. The number of alkyl halides is 3. The van der Waals surface area contributed by atoms with Crippen LogP contribution < -0.4 is 10.6 Å². The molecule has 6 rings (SSSR count). The van der Waals surface area contributed by atoms with E-state index in [4.69, 9.17) is 16.3 Å². The van der Waals surface area contributed by atoms with Crippen molar-refractivity contribution in [3.05, 3.63) is 83.4 Å². The number of hydrogen-bond acceptors (Lipinski definition) is 4. The van der Waals surface area contributed by atoms with Gasteiger partial charge in [0.25, 0.3) is 0 Å². The van der Waals surface area contributed by atoms with Gasteiger partial charge < -0.3 is 24.8 Å². The van der Waals surface area contributed by atoms with Crippen molar-refractivity contribution in [3.63, 3.8) is 0 Å². The zero-order valence-electron chi connectivity index (χ0n) is 23.5. The van der Waals surface area contributed by atoms with Crippen molar-refractivity contribution < 1.29 is 17.9 Å². The summed E-state index contributed by atoms with van der Waals surface area (Å²) >= 11 is 6.08. The number of halogens is 4. The molecule has 222 valence electrons. The number of ether oxygens (including phenoxy) is 1. The van der Waals surface area contributed by atoms with Gasteiger partial charge in [-0.15, -0.1) is 0 Å². The van der Waals surface area contributed by atoms with E-state index in [9.17, 15) is 13.2 Å². The summed E-state index contributed by atoms with van der Waals surface area (Å²) in [6.45, 7) is 3.26. The fourth-order valence-corrected chi connectivity index (χ4v) is 6.46. The van der Waals surface area contributed by atoms with Crippen LogP contribution in [0.5, 0.6) is 0 Å². The predicted octanol–water partition coefficient (Wildman–Crippen LogP) is 8.19. The van der Waals surface area contributed by atoms with Gasteiger partial charge in [0.1, 0.15) is 6.54 Å². The maximum Gasteiger partial charge on any atom is 0.406 e. The first-order valence-corrected chi connectivity index (χ1v) is 15.1. The number of benzene rings is 3. The maximum absolute atomic E-state index is 13.8. The number of nitrogens with one attached hydrogen (secondary N) is 2. The Balaban J connectivity index is 1.21. The molecular formula is C33H36ClF3N4O. The largest absolute Gasteiger partial charge is 0.406 e. The molecule has 0 aliphatic carbocycles. The van der Waals surface area contributed by atoms with Gasteiger partial charge in [-0.3, -0.25) is 0 Å². The van der Waals surface area contributed by atoms with E-state index in [1.54, 1.807) is 6.07 Å². The van der Waals surface area contributed by atoms with E-state index in [1.165, 1.54) is 4.57 Å². The lowest BCUT2D eigenvalue weighted by Gasteiger charge is -2.39. The second kappa shape index (κ2) is 12.6. The molecule has 0 atom stereocenters. The van der Waals surface area contributed by atoms with Crippen LogP contribution in [0, 0.1) is 0 Å². The number of aromatic nitrogens is 1. The van der Waals surface area contributed by atoms with Gasteiger partial charge in [-0.25, -0.2) is 0 Å². The fraction of sp³-hybridized carbons (Fsp3) is 0.394. The molecule has 4 aromatic rings. The van der Waals surface area contributed by atoms with Gasteiger partial charge in [0, 0.05) is 72.4 Å². The lowest BCUT2D eigenvalue weighted by atomic mass is 9.99. The Bertz CT molecular complexity index is 1490. The highest BCUT2D eigenvalue weighted by Crippen LogP contribution is 2.36. The van der Waals surface area contributed by atoms with Crippen LogP contribution in [-0.4, -0.2) is 54.0 Å². The second-order valence-electron chi connectivity index (χ2n) is 11.3. The summed E-state index contributed by atoms with van der Waals surface area (Å²) in [5.74, 6) is 0. The van der Waals surface area contributed by atoms with E-state index in [2.05, 4.69) is 15.5 Å². The number of anilines is 2. The van der Waals surface area contributed by atoms with Crippen LogP contribution in [0.25, 0.3) is 22.2 Å². The van der Waals surface area contributed by atoms with Gasteiger partial charge in [0.05, 0.1) is 5.52 Å². The van der Waals surface area contributed by atoms with Crippen LogP contribution in [0.2, 0.25) is 5.02 Å². The van der Waals surface area contributed by atoms with Crippen molar-refractivity contribution in [1.82, 2.24) is 9.47 Å². The molecule has 2 saturated heterocycles. The molecule has 2 N–H and O–H groups in total. The van der Waals surface area contributed by atoms with Crippen LogP contribution in [0.1, 0.15) is 31.2 Å². The van der Waals surface area contributed by atoms with E-state index in [1.807, 2.05) is 66.7 Å². The summed E-state index contributed by atoms with van der Waals surface area (Å²) in [5, 5.41) is 8.49. The summed E-state index contributed by atoms with van der Waals surface area (Å²) < 4.78 is 48.3. The first kappa shape index (κ1) is 28.9. The summed E-state index contributed by atoms with van der Waals surface area (Å²) in [4.78, 5) is 2.58. The van der Waals surface area contributed by atoms with Crippen molar-refractivity contribution in [2.75, 3.05) is 36.9 Å². The molecular weight excluding hydrogens is 561 g/mol. The molecule has 0 radical (unpaired) electrons. The molecule has 5 nitrogen and oxygen atoms in total. The highest BCUT2D eigenvalue weighted by atomic mass is 35.5. The van der Waals surface area contributed by atoms with E-state index >= 15 is 0 Å². The van der Waals surface area contributed by atoms with E-state index in [0.29, 0.717) is 28.8 Å². The Labute approximate surface area is 249 Å². The molecule has 42 heavy (non-hydrogen) atoms. The van der Waals surface area contributed by atoms with Gasteiger partial charge in [0.15, 0.2) is 0 Å². The topological polar surface area (TPSA) is 41.5 Å². The van der Waals surface area contributed by atoms with Crippen molar-refractivity contribution in [3.8, 4) is 11.3 Å². The SMILES string of the molecule is FC(F)(F)Cn1c(-c2ccc(CNc3cccc(Cl)c3)cc2)cc2c(NC3CCN(C4CCOCC4)CC3)cccc21. The number of likely N-dealkylation sites (tertiary alicyclic amines) is 1. The lowest BCUT2D eigenvalue weighted by Crippen LogP contribution is -2.46. The van der Waals surface area contributed by atoms with Crippen molar-refractivity contribution >= 4 is 33.9 Å². The Morgan fingerprint density at radius 1 is 0.881 bits per heavy atom. The first-order chi connectivity index (χ1) is 20.3. The van der Waals surface area contributed by atoms with Crippen molar-refractivity contribution in [2.45, 2.75) is 57.0 Å². The maximum atomic E-state index is 13.8. The van der Waals surface area contributed by atoms with Gasteiger partial charge in [-0.05, 0) is 73.2 Å². The fourth-order valence-electron chi connectivity index (χ4n) is 6.27. The number of fused-ring (bicyclic) bond motifs is 1. The summed E-state index contributed by atoms with van der Waals surface area (Å²) in [7, 11) is 0. The number of nitrogens with zero attached hydrogens (tertiary/aromatic N) is 2. The standard InChI is InChI=1S/C33H36ClF3N4O/c34-25-3-1-4-27(19-25)38-21-23-7-9-24(10-8-23)32-20-29-30(5-2-6-31(29)41(32)22-33(35,36)37)39-26-11-15-40(16-12-26)28-13-17-42-18-14-28/h1-10,19-20,26,28,38-39H,11-18,21-22H2. The van der Waals surface area contributed by atoms with Crippen LogP contribution in [0.15, 0.2) is 72.8 Å². The van der Waals surface area contributed by atoms with Crippen molar-refractivity contribution in [1.29, 1.82) is 0 Å². The zero-order chi connectivity index (χ0) is 29.1. The average molecular weight is 597 g/mol. The Hall–Kier alpha value is -3.20. The lowest BCUT2D eigenvalue weighted by molar-refractivity contribution is -0.139. The van der Waals surface area contributed by atoms with E-state index in [0.717, 1.165) is 79.9 Å². The molecule has 0 saturated carbocycles. The summed E-state index contributed by atoms with van der Waals surface area (Å²) in [6.07, 6.45) is -0.149. The molecule has 3 heterocycles. The Morgan fingerprint density at radius 3 is 2.33 bits per heavy atom. The highest BCUT2D eigenvalue weighted by Gasteiger charge is 2.31. The van der Waals surface area contributed by atoms with Gasteiger partial charge >= 0.3 is 6.18 Å². The summed E-state index contributed by atoms with van der Waals surface area (Å²) in [5.41, 5.74) is 4.70. The minimum Gasteiger partial charge on any atom is -0.382 e. The zero-order valence-corrected chi connectivity index (χ0v) is 24.2. The Morgan fingerprint density at radius 2 is 1.62 bits per heavy atom.